The minimum atomic E-state index is -4.36. The van der Waals surface area contributed by atoms with Crippen LogP contribution in [0.5, 0.6) is 0 Å². The maximum absolute atomic E-state index is 12.3. The Balaban J connectivity index is 1.79. The van der Waals surface area contributed by atoms with E-state index in [1.807, 2.05) is 0 Å². The standard InChI is InChI=1S/C18H17N3O9S3/c19-17-8-1-12-11-15(33(25,26)27)6-7-16(12)18(17)21-20-13-2-4-14(5-3-13)32(23,24)10-9-28-31-30-29-22/h1-8,11,22H,9-10,19H2,(H,25,26,27). The fourth-order valence-corrected chi connectivity index (χ4v) is 4.66. The van der Waals surface area contributed by atoms with Gasteiger partial charge < -0.3 is 5.73 Å². The Bertz CT molecular complexity index is 1380. The van der Waals surface area contributed by atoms with Gasteiger partial charge in [-0.05, 0) is 47.9 Å². The van der Waals surface area contributed by atoms with Crippen molar-refractivity contribution in [3.8, 4) is 0 Å². The molecule has 0 spiro atoms. The number of nitrogens with two attached hydrogens (primary N) is 1. The summed E-state index contributed by atoms with van der Waals surface area (Å²) >= 11 is 0.283. The van der Waals surface area contributed by atoms with Crippen molar-refractivity contribution < 1.29 is 40.2 Å². The van der Waals surface area contributed by atoms with E-state index < -0.39 is 20.0 Å². The summed E-state index contributed by atoms with van der Waals surface area (Å²) in [4.78, 5) is -0.227. The fraction of sp³-hybridized carbons (Fsp3) is 0.111. The monoisotopic (exact) mass is 515 g/mol. The molecule has 0 aliphatic carbocycles. The third kappa shape index (κ3) is 6.46. The summed E-state index contributed by atoms with van der Waals surface area (Å²) in [5.41, 5.74) is 6.91. The number of hydrogen-bond acceptors (Lipinski definition) is 12. The largest absolute Gasteiger partial charge is 0.397 e. The molecule has 33 heavy (non-hydrogen) atoms. The highest BCUT2D eigenvalue weighted by Crippen LogP contribution is 2.34. The fourth-order valence-electron chi connectivity index (χ4n) is 2.74. The molecule has 0 atom stereocenters. The van der Waals surface area contributed by atoms with Crippen LogP contribution in [0.1, 0.15) is 0 Å². The topological polar surface area (TPSA) is 187 Å². The van der Waals surface area contributed by atoms with Crippen LogP contribution in [0.3, 0.4) is 0 Å². The molecule has 0 amide bonds. The van der Waals surface area contributed by atoms with Gasteiger partial charge in [-0.1, -0.05) is 17.2 Å². The Morgan fingerprint density at radius 1 is 0.939 bits per heavy atom. The maximum atomic E-state index is 12.3. The van der Waals surface area contributed by atoms with Crippen LogP contribution in [-0.2, 0) is 33.5 Å². The van der Waals surface area contributed by atoms with Gasteiger partial charge in [-0.25, -0.2) is 13.7 Å². The van der Waals surface area contributed by atoms with E-state index in [0.717, 1.165) is 0 Å². The molecular formula is C18H17N3O9S3. The first-order chi connectivity index (χ1) is 15.6. The Labute approximate surface area is 192 Å². The summed E-state index contributed by atoms with van der Waals surface area (Å²) in [6.07, 6.45) is 0. The van der Waals surface area contributed by atoms with E-state index in [-0.39, 0.29) is 40.2 Å². The number of nitrogens with zero attached hydrogens (tertiary/aromatic N) is 2. The van der Waals surface area contributed by atoms with Gasteiger partial charge in [0.1, 0.15) is 5.69 Å². The van der Waals surface area contributed by atoms with Crippen molar-refractivity contribution in [2.75, 3.05) is 18.1 Å². The number of anilines is 1. The molecule has 0 aliphatic rings. The molecule has 0 fully saturated rings. The molecule has 0 saturated heterocycles. The van der Waals surface area contributed by atoms with Crippen molar-refractivity contribution in [3.63, 3.8) is 0 Å². The Morgan fingerprint density at radius 3 is 2.30 bits per heavy atom. The number of fused-ring (bicyclic) bond motifs is 1. The average molecular weight is 516 g/mol. The zero-order valence-electron chi connectivity index (χ0n) is 16.6. The van der Waals surface area contributed by atoms with Crippen molar-refractivity contribution >= 4 is 60.1 Å². The highest BCUT2D eigenvalue weighted by atomic mass is 32.2. The van der Waals surface area contributed by atoms with Gasteiger partial charge in [0.05, 0.1) is 33.5 Å². The normalized spacial score (nSPS) is 12.5. The van der Waals surface area contributed by atoms with Gasteiger partial charge in [-0.3, -0.25) is 8.74 Å². The molecule has 0 aromatic heterocycles. The molecule has 3 aromatic carbocycles. The lowest BCUT2D eigenvalue weighted by molar-refractivity contribution is -0.434. The zero-order valence-corrected chi connectivity index (χ0v) is 19.0. The Hall–Kier alpha value is -2.63. The number of nitrogen functional groups attached to an aromatic ring is 1. The van der Waals surface area contributed by atoms with Crippen molar-refractivity contribution in [3.05, 3.63) is 54.6 Å². The van der Waals surface area contributed by atoms with E-state index >= 15 is 0 Å². The van der Waals surface area contributed by atoms with Crippen LogP contribution < -0.4 is 5.73 Å². The molecule has 0 radical (unpaired) electrons. The van der Waals surface area contributed by atoms with Gasteiger partial charge >= 0.3 is 0 Å². The zero-order chi connectivity index (χ0) is 24.1. The first-order valence-electron chi connectivity index (χ1n) is 8.92. The second-order valence-corrected chi connectivity index (χ2v) is 10.4. The summed E-state index contributed by atoms with van der Waals surface area (Å²) in [5.74, 6) is -0.340. The summed E-state index contributed by atoms with van der Waals surface area (Å²) in [7, 11) is -8.01. The van der Waals surface area contributed by atoms with Crippen LogP contribution in [-0.4, -0.2) is 39.0 Å². The van der Waals surface area contributed by atoms with Crippen LogP contribution in [0, 0.1) is 0 Å². The Kier molecular flexibility index (Phi) is 7.98. The van der Waals surface area contributed by atoms with Gasteiger partial charge in [0.25, 0.3) is 10.1 Å². The van der Waals surface area contributed by atoms with Crippen LogP contribution in [0.15, 0.2) is 74.6 Å². The quantitative estimate of drug-likeness (QED) is 0.0676. The third-order valence-corrected chi connectivity index (χ3v) is 7.22. The summed E-state index contributed by atoms with van der Waals surface area (Å²) < 4.78 is 65.3. The lowest BCUT2D eigenvalue weighted by Gasteiger charge is -2.07. The number of hydrogen-bond donors (Lipinski definition) is 3. The predicted octanol–water partition coefficient (Wildman–Crippen LogP) is 3.86. The van der Waals surface area contributed by atoms with Crippen molar-refractivity contribution in [2.45, 2.75) is 9.79 Å². The third-order valence-electron chi connectivity index (χ3n) is 4.29. The van der Waals surface area contributed by atoms with E-state index in [1.54, 1.807) is 6.07 Å². The molecular weight excluding hydrogens is 498 g/mol. The second-order valence-electron chi connectivity index (χ2n) is 6.41. The average Bonchev–Trinajstić information content (AvgIpc) is 2.77. The molecule has 0 heterocycles. The van der Waals surface area contributed by atoms with Gasteiger partial charge in [-0.15, -0.1) is 9.45 Å². The highest BCUT2D eigenvalue weighted by Gasteiger charge is 2.15. The molecule has 15 heteroatoms. The van der Waals surface area contributed by atoms with Crippen LogP contribution in [0.2, 0.25) is 0 Å². The van der Waals surface area contributed by atoms with E-state index in [9.17, 15) is 21.4 Å². The molecule has 12 nitrogen and oxygen atoms in total. The van der Waals surface area contributed by atoms with Crippen LogP contribution >= 0.6 is 12.3 Å². The van der Waals surface area contributed by atoms with Gasteiger partial charge in [0, 0.05) is 5.39 Å². The maximum Gasteiger partial charge on any atom is 0.294 e. The van der Waals surface area contributed by atoms with Crippen molar-refractivity contribution in [1.82, 2.24) is 0 Å². The Morgan fingerprint density at radius 2 is 1.64 bits per heavy atom. The van der Waals surface area contributed by atoms with Crippen LogP contribution in [0.4, 0.5) is 17.1 Å². The summed E-state index contributed by atoms with van der Waals surface area (Å²) in [5, 5.41) is 20.5. The van der Waals surface area contributed by atoms with Crippen molar-refractivity contribution in [1.29, 1.82) is 0 Å². The minimum absolute atomic E-state index is 0.0387. The molecule has 0 bridgehead atoms. The second kappa shape index (κ2) is 10.5. The summed E-state index contributed by atoms with van der Waals surface area (Å²) in [6.45, 7) is -0.211. The number of azo groups is 1. The van der Waals surface area contributed by atoms with E-state index in [2.05, 4.69) is 19.6 Å². The predicted molar refractivity (Wildman–Crippen MR) is 119 cm³/mol. The molecule has 0 aliphatic heterocycles. The van der Waals surface area contributed by atoms with E-state index in [0.29, 0.717) is 22.1 Å². The smallest absolute Gasteiger partial charge is 0.294 e. The molecule has 176 valence electrons. The lowest BCUT2D eigenvalue weighted by atomic mass is 10.1. The summed E-state index contributed by atoms with van der Waals surface area (Å²) in [6, 6.07) is 12.7. The van der Waals surface area contributed by atoms with E-state index in [4.69, 9.17) is 15.2 Å². The molecule has 3 aromatic rings. The van der Waals surface area contributed by atoms with Gasteiger partial charge in [0.15, 0.2) is 22.2 Å². The molecule has 4 N–H and O–H groups in total. The number of benzene rings is 3. The SMILES string of the molecule is Nc1ccc2cc(S(=O)(=O)O)ccc2c1N=Nc1ccc(S(=O)(=O)CCOSOOO)cc1. The molecule has 3 rings (SSSR count). The van der Waals surface area contributed by atoms with E-state index in [1.165, 1.54) is 48.5 Å². The lowest BCUT2D eigenvalue weighted by Crippen LogP contribution is -2.10. The first-order valence-corrected chi connectivity index (χ1v) is 12.7. The molecule has 0 unspecified atom stereocenters. The highest BCUT2D eigenvalue weighted by molar-refractivity contribution is 7.91. The van der Waals surface area contributed by atoms with Crippen LogP contribution in [0.25, 0.3) is 10.8 Å². The molecule has 0 saturated carbocycles. The van der Waals surface area contributed by atoms with Crippen molar-refractivity contribution in [2.24, 2.45) is 10.2 Å². The number of sulfone groups is 1. The van der Waals surface area contributed by atoms with Gasteiger partial charge in [-0.2, -0.15) is 13.5 Å². The minimum Gasteiger partial charge on any atom is -0.397 e. The van der Waals surface area contributed by atoms with Gasteiger partial charge in [0.2, 0.25) is 0 Å². The first kappa shape index (κ1) is 25.0. The number of rotatable bonds is 10.